The van der Waals surface area contributed by atoms with Gasteiger partial charge in [0.15, 0.2) is 0 Å². The Kier molecular flexibility index (Phi) is 5.26. The summed E-state index contributed by atoms with van der Waals surface area (Å²) in [5.74, 6) is 0. The number of alkyl carbamates (subject to hydrolysis) is 1. The lowest BCUT2D eigenvalue weighted by Crippen LogP contribution is -2.46. The monoisotopic (exact) mass is 230 g/mol. The molecule has 0 aromatic carbocycles. The van der Waals surface area contributed by atoms with Gasteiger partial charge in [0.05, 0.1) is 0 Å². The third-order valence-corrected chi connectivity index (χ3v) is 2.19. The lowest BCUT2D eigenvalue weighted by Gasteiger charge is -2.32. The Morgan fingerprint density at radius 1 is 1.25 bits per heavy atom. The SMILES string of the molecule is CC(C)(C)OC(=O)NC(CCN)C(C)(C)C. The highest BCUT2D eigenvalue weighted by Gasteiger charge is 2.27. The first-order valence-corrected chi connectivity index (χ1v) is 5.76. The molecule has 1 amide bonds. The predicted molar refractivity (Wildman–Crippen MR) is 66.3 cm³/mol. The lowest BCUT2D eigenvalue weighted by molar-refractivity contribution is 0.0460. The van der Waals surface area contributed by atoms with Gasteiger partial charge in [-0.05, 0) is 39.2 Å². The molecule has 0 rings (SSSR count). The van der Waals surface area contributed by atoms with Gasteiger partial charge >= 0.3 is 6.09 Å². The molecule has 0 fully saturated rings. The van der Waals surface area contributed by atoms with Gasteiger partial charge in [0.1, 0.15) is 5.60 Å². The fourth-order valence-corrected chi connectivity index (χ4v) is 1.34. The van der Waals surface area contributed by atoms with Crippen LogP contribution in [-0.4, -0.2) is 24.3 Å². The molecule has 1 unspecified atom stereocenters. The van der Waals surface area contributed by atoms with E-state index in [-0.39, 0.29) is 17.6 Å². The van der Waals surface area contributed by atoms with Crippen LogP contribution in [0.1, 0.15) is 48.0 Å². The normalized spacial score (nSPS) is 14.4. The van der Waals surface area contributed by atoms with Crippen LogP contribution in [0.15, 0.2) is 0 Å². The minimum Gasteiger partial charge on any atom is -0.444 e. The Morgan fingerprint density at radius 2 is 1.75 bits per heavy atom. The van der Waals surface area contributed by atoms with Crippen molar-refractivity contribution in [1.82, 2.24) is 5.32 Å². The van der Waals surface area contributed by atoms with Crippen LogP contribution in [0.4, 0.5) is 4.79 Å². The number of amides is 1. The van der Waals surface area contributed by atoms with Gasteiger partial charge in [-0.2, -0.15) is 0 Å². The topological polar surface area (TPSA) is 64.3 Å². The Hall–Kier alpha value is -0.770. The highest BCUT2D eigenvalue weighted by atomic mass is 16.6. The van der Waals surface area contributed by atoms with Crippen LogP contribution < -0.4 is 11.1 Å². The second-order valence-corrected chi connectivity index (χ2v) is 6.14. The summed E-state index contributed by atoms with van der Waals surface area (Å²) in [5, 5.41) is 2.87. The number of rotatable bonds is 3. The van der Waals surface area contributed by atoms with E-state index in [1.807, 2.05) is 20.8 Å². The van der Waals surface area contributed by atoms with E-state index in [1.54, 1.807) is 0 Å². The number of ether oxygens (including phenoxy) is 1. The molecule has 0 saturated heterocycles. The quantitative estimate of drug-likeness (QED) is 0.781. The Morgan fingerprint density at radius 3 is 2.06 bits per heavy atom. The van der Waals surface area contributed by atoms with Crippen molar-refractivity contribution in [2.45, 2.75) is 59.6 Å². The zero-order chi connectivity index (χ0) is 13.0. The summed E-state index contributed by atoms with van der Waals surface area (Å²) >= 11 is 0. The fourth-order valence-electron chi connectivity index (χ4n) is 1.34. The Bertz CT molecular complexity index is 226. The molecule has 0 aromatic heterocycles. The molecular formula is C12H26N2O2. The van der Waals surface area contributed by atoms with E-state index in [4.69, 9.17) is 10.5 Å². The molecule has 1 atom stereocenters. The first kappa shape index (κ1) is 15.2. The first-order chi connectivity index (χ1) is 7.06. The van der Waals surface area contributed by atoms with Gasteiger partial charge in [-0.1, -0.05) is 20.8 Å². The highest BCUT2D eigenvalue weighted by molar-refractivity contribution is 5.68. The Balaban J connectivity index is 4.36. The maximum atomic E-state index is 11.6. The number of hydrogen-bond acceptors (Lipinski definition) is 3. The van der Waals surface area contributed by atoms with Gasteiger partial charge in [0, 0.05) is 6.04 Å². The van der Waals surface area contributed by atoms with E-state index in [1.165, 1.54) is 0 Å². The van der Waals surface area contributed by atoms with Crippen LogP contribution in [0.5, 0.6) is 0 Å². The lowest BCUT2D eigenvalue weighted by atomic mass is 9.85. The minimum absolute atomic E-state index is 0.0176. The maximum Gasteiger partial charge on any atom is 0.407 e. The molecule has 16 heavy (non-hydrogen) atoms. The standard InChI is InChI=1S/C12H26N2O2/c1-11(2,3)9(7-8-13)14-10(15)16-12(4,5)6/h9H,7-8,13H2,1-6H3,(H,14,15). The van der Waals surface area contributed by atoms with E-state index in [9.17, 15) is 4.79 Å². The van der Waals surface area contributed by atoms with Gasteiger partial charge in [0.25, 0.3) is 0 Å². The molecule has 0 radical (unpaired) electrons. The van der Waals surface area contributed by atoms with E-state index in [2.05, 4.69) is 26.1 Å². The maximum absolute atomic E-state index is 11.6. The van der Waals surface area contributed by atoms with Crippen molar-refractivity contribution in [1.29, 1.82) is 0 Å². The van der Waals surface area contributed by atoms with Crippen molar-refractivity contribution in [3.8, 4) is 0 Å². The van der Waals surface area contributed by atoms with Crippen molar-refractivity contribution in [2.24, 2.45) is 11.1 Å². The van der Waals surface area contributed by atoms with E-state index >= 15 is 0 Å². The first-order valence-electron chi connectivity index (χ1n) is 5.76. The summed E-state index contributed by atoms with van der Waals surface area (Å²) in [4.78, 5) is 11.6. The van der Waals surface area contributed by atoms with Crippen molar-refractivity contribution in [3.05, 3.63) is 0 Å². The van der Waals surface area contributed by atoms with Crippen LogP contribution in [0.3, 0.4) is 0 Å². The van der Waals surface area contributed by atoms with Gasteiger partial charge < -0.3 is 15.8 Å². The van der Waals surface area contributed by atoms with E-state index in [0.29, 0.717) is 6.54 Å². The molecule has 0 heterocycles. The molecule has 0 aromatic rings. The largest absolute Gasteiger partial charge is 0.444 e. The summed E-state index contributed by atoms with van der Waals surface area (Å²) < 4.78 is 5.22. The van der Waals surface area contributed by atoms with Crippen molar-refractivity contribution in [3.63, 3.8) is 0 Å². The van der Waals surface area contributed by atoms with Crippen LogP contribution in [0.2, 0.25) is 0 Å². The summed E-state index contributed by atoms with van der Waals surface area (Å²) in [5.41, 5.74) is 5.06. The average Bonchev–Trinajstić information content (AvgIpc) is 1.97. The zero-order valence-corrected chi connectivity index (χ0v) is 11.4. The van der Waals surface area contributed by atoms with Crippen molar-refractivity contribution >= 4 is 6.09 Å². The summed E-state index contributed by atoms with van der Waals surface area (Å²) in [6.45, 7) is 12.3. The van der Waals surface area contributed by atoms with Crippen molar-refractivity contribution < 1.29 is 9.53 Å². The molecule has 0 spiro atoms. The van der Waals surface area contributed by atoms with Gasteiger partial charge in [0.2, 0.25) is 0 Å². The number of nitrogens with two attached hydrogens (primary N) is 1. The van der Waals surface area contributed by atoms with Gasteiger partial charge in [-0.15, -0.1) is 0 Å². The zero-order valence-electron chi connectivity index (χ0n) is 11.4. The third kappa shape index (κ3) is 6.67. The predicted octanol–water partition coefficient (Wildman–Crippen LogP) is 2.27. The van der Waals surface area contributed by atoms with Crippen LogP contribution in [-0.2, 0) is 4.74 Å². The number of carbonyl (C=O) groups is 1. The van der Waals surface area contributed by atoms with Gasteiger partial charge in [-0.3, -0.25) is 0 Å². The summed E-state index contributed by atoms with van der Waals surface area (Å²) in [7, 11) is 0. The summed E-state index contributed by atoms with van der Waals surface area (Å²) in [6.07, 6.45) is 0.379. The smallest absolute Gasteiger partial charge is 0.407 e. The molecule has 4 heteroatoms. The van der Waals surface area contributed by atoms with E-state index < -0.39 is 5.60 Å². The van der Waals surface area contributed by atoms with Crippen LogP contribution in [0, 0.1) is 5.41 Å². The molecule has 3 N–H and O–H groups in total. The third-order valence-electron chi connectivity index (χ3n) is 2.19. The molecule has 4 nitrogen and oxygen atoms in total. The van der Waals surface area contributed by atoms with Crippen molar-refractivity contribution in [2.75, 3.05) is 6.54 Å². The average molecular weight is 230 g/mol. The Labute approximate surface area is 98.9 Å². The molecule has 0 saturated carbocycles. The summed E-state index contributed by atoms with van der Waals surface area (Å²) in [6, 6.07) is 0.0346. The fraction of sp³-hybridized carbons (Fsp3) is 0.917. The van der Waals surface area contributed by atoms with Crippen LogP contribution in [0.25, 0.3) is 0 Å². The molecule has 0 aliphatic carbocycles. The molecule has 0 aliphatic heterocycles. The number of hydrogen-bond donors (Lipinski definition) is 2. The molecule has 0 bridgehead atoms. The highest BCUT2D eigenvalue weighted by Crippen LogP contribution is 2.21. The molecule has 0 aliphatic rings. The van der Waals surface area contributed by atoms with E-state index in [0.717, 1.165) is 6.42 Å². The minimum atomic E-state index is -0.463. The van der Waals surface area contributed by atoms with Crippen LogP contribution >= 0.6 is 0 Å². The second-order valence-electron chi connectivity index (χ2n) is 6.14. The second kappa shape index (κ2) is 5.53. The molecular weight excluding hydrogens is 204 g/mol. The number of carbonyl (C=O) groups excluding carboxylic acids is 1. The number of nitrogens with one attached hydrogen (secondary N) is 1. The molecule has 96 valence electrons. The van der Waals surface area contributed by atoms with Gasteiger partial charge in [-0.25, -0.2) is 4.79 Å².